The van der Waals surface area contributed by atoms with Gasteiger partial charge < -0.3 is 15.0 Å². The molecule has 0 spiro atoms. The lowest BCUT2D eigenvalue weighted by Gasteiger charge is -2.28. The van der Waals surface area contributed by atoms with Crippen LogP contribution in [0.3, 0.4) is 0 Å². The number of ether oxygens (including phenoxy) is 1. The molecule has 0 aliphatic heterocycles. The maximum absolute atomic E-state index is 12.6. The highest BCUT2D eigenvalue weighted by atomic mass is 32.1. The Bertz CT molecular complexity index is 831. The molecule has 3 rings (SSSR count). The highest BCUT2D eigenvalue weighted by molar-refractivity contribution is 7.18. The average molecular weight is 404 g/mol. The molecule has 7 nitrogen and oxygen atoms in total. The van der Waals surface area contributed by atoms with E-state index in [1.165, 1.54) is 4.90 Å². The largest absolute Gasteiger partial charge is 0.455 e. The summed E-state index contributed by atoms with van der Waals surface area (Å²) in [6.45, 7) is -0.482. The fourth-order valence-electron chi connectivity index (χ4n) is 3.38. The van der Waals surface area contributed by atoms with Gasteiger partial charge in [-0.3, -0.25) is 14.4 Å². The van der Waals surface area contributed by atoms with Crippen LogP contribution in [-0.4, -0.2) is 54.9 Å². The summed E-state index contributed by atoms with van der Waals surface area (Å²) in [7, 11) is 3.22. The number of nitrogens with one attached hydrogen (secondary N) is 1. The average Bonchev–Trinajstić information content (AvgIpc) is 3.14. The van der Waals surface area contributed by atoms with Crippen molar-refractivity contribution in [2.75, 3.05) is 27.2 Å². The topological polar surface area (TPSA) is 88.6 Å². The highest BCUT2D eigenvalue weighted by Gasteiger charge is 2.35. The predicted octanol–water partition coefficient (Wildman–Crippen LogP) is 2.32. The van der Waals surface area contributed by atoms with Gasteiger partial charge in [-0.2, -0.15) is 0 Å². The number of likely N-dealkylation sites (N-methyl/N-ethyl adjacent to an activating group) is 1. The first-order valence-electron chi connectivity index (χ1n) is 9.44. The zero-order valence-corrected chi connectivity index (χ0v) is 17.0. The van der Waals surface area contributed by atoms with E-state index in [4.69, 9.17) is 9.72 Å². The normalized spacial score (nSPS) is 19.2. The minimum Gasteiger partial charge on any atom is -0.455 e. The second-order valence-electron chi connectivity index (χ2n) is 7.19. The molecule has 1 fully saturated rings. The molecule has 1 aromatic heterocycles. The first-order chi connectivity index (χ1) is 13.5. The summed E-state index contributed by atoms with van der Waals surface area (Å²) in [6.07, 6.45) is 3.64. The first kappa shape index (κ1) is 20.3. The number of para-hydroxylation sites is 1. The van der Waals surface area contributed by atoms with E-state index in [-0.39, 0.29) is 36.9 Å². The Hall–Kier alpha value is -2.48. The smallest absolute Gasteiger partial charge is 0.310 e. The summed E-state index contributed by atoms with van der Waals surface area (Å²) >= 11 is 1.62. The zero-order chi connectivity index (χ0) is 20.1. The summed E-state index contributed by atoms with van der Waals surface area (Å²) < 4.78 is 6.37. The van der Waals surface area contributed by atoms with Crippen molar-refractivity contribution in [1.82, 2.24) is 15.2 Å². The molecule has 2 aromatic rings. The van der Waals surface area contributed by atoms with Gasteiger partial charge in [0.25, 0.3) is 5.91 Å². The van der Waals surface area contributed by atoms with E-state index in [0.29, 0.717) is 0 Å². The Morgan fingerprint density at radius 2 is 1.96 bits per heavy atom. The highest BCUT2D eigenvalue weighted by Crippen LogP contribution is 2.41. The van der Waals surface area contributed by atoms with Gasteiger partial charge in [0.1, 0.15) is 0 Å². The third kappa shape index (κ3) is 4.86. The van der Waals surface area contributed by atoms with Crippen molar-refractivity contribution in [1.29, 1.82) is 0 Å². The molecule has 150 valence electrons. The van der Waals surface area contributed by atoms with Crippen molar-refractivity contribution < 1.29 is 19.1 Å². The van der Waals surface area contributed by atoms with Gasteiger partial charge in [0.15, 0.2) is 6.61 Å². The zero-order valence-electron chi connectivity index (χ0n) is 16.1. The standard InChI is InChI=1S/C20H25N3O4S/c1-23(2)18(25)11-21-17(24)12-27-20(26)14-8-4-3-7-13(14)19-22-15-9-5-6-10-16(15)28-19/h5-6,9-10,13-14H,3-4,7-8,11-12H2,1-2H3,(H,21,24)/t13-,14+/m1/s1. The van der Waals surface area contributed by atoms with Gasteiger partial charge in [0, 0.05) is 20.0 Å². The van der Waals surface area contributed by atoms with Crippen LogP contribution in [0.5, 0.6) is 0 Å². The van der Waals surface area contributed by atoms with E-state index >= 15 is 0 Å². The van der Waals surface area contributed by atoms with E-state index in [9.17, 15) is 14.4 Å². The lowest BCUT2D eigenvalue weighted by Crippen LogP contribution is -2.38. The van der Waals surface area contributed by atoms with Crippen molar-refractivity contribution in [3.05, 3.63) is 29.3 Å². The van der Waals surface area contributed by atoms with Gasteiger partial charge in [0.05, 0.1) is 27.7 Å². The van der Waals surface area contributed by atoms with Crippen molar-refractivity contribution in [3.8, 4) is 0 Å². The molecule has 1 aromatic carbocycles. The van der Waals surface area contributed by atoms with Crippen molar-refractivity contribution in [3.63, 3.8) is 0 Å². The van der Waals surface area contributed by atoms with Crippen LogP contribution in [0.15, 0.2) is 24.3 Å². The second-order valence-corrected chi connectivity index (χ2v) is 8.25. The Labute approximate surface area is 168 Å². The van der Waals surface area contributed by atoms with Gasteiger partial charge in [-0.25, -0.2) is 4.98 Å². The summed E-state index contributed by atoms with van der Waals surface area (Å²) in [6, 6.07) is 7.95. The second kappa shape index (κ2) is 9.14. The van der Waals surface area contributed by atoms with Crippen LogP contribution in [0.25, 0.3) is 10.2 Å². The molecule has 0 bridgehead atoms. The lowest BCUT2D eigenvalue weighted by atomic mass is 9.79. The molecule has 2 amide bonds. The number of hydrogen-bond donors (Lipinski definition) is 1. The fraction of sp³-hybridized carbons (Fsp3) is 0.500. The third-order valence-corrected chi connectivity index (χ3v) is 6.15. The number of fused-ring (bicyclic) bond motifs is 1. The summed E-state index contributed by atoms with van der Waals surface area (Å²) in [5.74, 6) is -1.32. The van der Waals surface area contributed by atoms with Crippen LogP contribution in [0.2, 0.25) is 0 Å². The predicted molar refractivity (Wildman–Crippen MR) is 107 cm³/mol. The van der Waals surface area contributed by atoms with Crippen LogP contribution in [0.4, 0.5) is 0 Å². The SMILES string of the molecule is CN(C)C(=O)CNC(=O)COC(=O)[C@H]1CCCC[C@H]1c1nc2ccccc2s1. The number of rotatable bonds is 6. The van der Waals surface area contributed by atoms with E-state index < -0.39 is 5.91 Å². The van der Waals surface area contributed by atoms with E-state index in [2.05, 4.69) is 5.32 Å². The number of carbonyl (C=O) groups is 3. The van der Waals surface area contributed by atoms with Crippen molar-refractivity contribution in [2.24, 2.45) is 5.92 Å². The summed E-state index contributed by atoms with van der Waals surface area (Å²) in [5.41, 5.74) is 0.949. The number of benzene rings is 1. The van der Waals surface area contributed by atoms with E-state index in [1.807, 2.05) is 24.3 Å². The Kier molecular flexibility index (Phi) is 6.61. The maximum Gasteiger partial charge on any atom is 0.310 e. The number of aromatic nitrogens is 1. The molecular weight excluding hydrogens is 378 g/mol. The van der Waals surface area contributed by atoms with Crippen LogP contribution >= 0.6 is 11.3 Å². The molecule has 2 atom stereocenters. The van der Waals surface area contributed by atoms with Crippen LogP contribution in [0, 0.1) is 5.92 Å². The van der Waals surface area contributed by atoms with Gasteiger partial charge >= 0.3 is 5.97 Å². The van der Waals surface area contributed by atoms with Crippen LogP contribution in [0.1, 0.15) is 36.6 Å². The minimum absolute atomic E-state index is 0.0250. The number of amides is 2. The minimum atomic E-state index is -0.476. The number of hydrogen-bond acceptors (Lipinski definition) is 6. The van der Waals surface area contributed by atoms with Gasteiger partial charge in [-0.15, -0.1) is 11.3 Å². The third-order valence-electron chi connectivity index (χ3n) is 4.98. The maximum atomic E-state index is 12.6. The van der Waals surface area contributed by atoms with Gasteiger partial charge in [0.2, 0.25) is 5.91 Å². The molecule has 1 aliphatic rings. The monoisotopic (exact) mass is 403 g/mol. The summed E-state index contributed by atoms with van der Waals surface area (Å²) in [4.78, 5) is 42.1. The molecule has 0 saturated heterocycles. The van der Waals surface area contributed by atoms with E-state index in [1.54, 1.807) is 25.4 Å². The first-order valence-corrected chi connectivity index (χ1v) is 10.3. The molecule has 8 heteroatoms. The number of carbonyl (C=O) groups excluding carboxylic acids is 3. The van der Waals surface area contributed by atoms with Gasteiger partial charge in [-0.05, 0) is 25.0 Å². The van der Waals surface area contributed by atoms with E-state index in [0.717, 1.165) is 40.9 Å². The Balaban J connectivity index is 1.59. The molecular formula is C20H25N3O4S. The Morgan fingerprint density at radius 3 is 2.71 bits per heavy atom. The molecule has 1 N–H and O–H groups in total. The van der Waals surface area contributed by atoms with Crippen LogP contribution in [-0.2, 0) is 19.1 Å². The Morgan fingerprint density at radius 1 is 1.21 bits per heavy atom. The molecule has 1 aliphatic carbocycles. The number of esters is 1. The number of thiazole rings is 1. The quantitative estimate of drug-likeness (QED) is 0.748. The molecule has 0 unspecified atom stereocenters. The number of nitrogens with zero attached hydrogens (tertiary/aromatic N) is 2. The van der Waals surface area contributed by atoms with Gasteiger partial charge in [-0.1, -0.05) is 25.0 Å². The lowest BCUT2D eigenvalue weighted by molar-refractivity contribution is -0.154. The summed E-state index contributed by atoms with van der Waals surface area (Å²) in [5, 5.41) is 3.43. The molecule has 1 heterocycles. The van der Waals surface area contributed by atoms with Crippen molar-refractivity contribution >= 4 is 39.3 Å². The molecule has 1 saturated carbocycles. The molecule has 0 radical (unpaired) electrons. The molecule has 28 heavy (non-hydrogen) atoms. The fourth-order valence-corrected chi connectivity index (χ4v) is 4.55. The van der Waals surface area contributed by atoms with Crippen LogP contribution < -0.4 is 5.32 Å². The van der Waals surface area contributed by atoms with Crippen molar-refractivity contribution in [2.45, 2.75) is 31.6 Å².